The van der Waals surface area contributed by atoms with Crippen molar-refractivity contribution in [2.75, 3.05) is 18.0 Å². The van der Waals surface area contributed by atoms with Crippen LogP contribution in [0.2, 0.25) is 0 Å². The zero-order chi connectivity index (χ0) is 15.6. The quantitative estimate of drug-likeness (QED) is 0.799. The molecule has 2 nitrogen and oxygen atoms in total. The molecule has 1 saturated heterocycles. The summed E-state index contributed by atoms with van der Waals surface area (Å²) in [7, 11) is 0. The van der Waals surface area contributed by atoms with Crippen LogP contribution in [0.3, 0.4) is 0 Å². The number of halogens is 1. The predicted octanol–water partition coefficient (Wildman–Crippen LogP) is 5.12. The Labute approximate surface area is 138 Å². The number of rotatable bonds is 2. The first kappa shape index (κ1) is 16.8. The summed E-state index contributed by atoms with van der Waals surface area (Å²) in [6.45, 7) is 11.5. The van der Waals surface area contributed by atoms with Gasteiger partial charge in [-0.05, 0) is 71.1 Å². The van der Waals surface area contributed by atoms with E-state index in [0.29, 0.717) is 5.41 Å². The summed E-state index contributed by atoms with van der Waals surface area (Å²) in [5, 5.41) is 0. The van der Waals surface area contributed by atoms with Crippen molar-refractivity contribution in [2.24, 2.45) is 17.1 Å². The van der Waals surface area contributed by atoms with Gasteiger partial charge in [0.25, 0.3) is 0 Å². The minimum Gasteiger partial charge on any atom is -0.371 e. The van der Waals surface area contributed by atoms with Gasteiger partial charge in [-0.15, -0.1) is 0 Å². The van der Waals surface area contributed by atoms with Gasteiger partial charge in [0.05, 0.1) is 5.69 Å². The Morgan fingerprint density at radius 3 is 2.52 bits per heavy atom. The number of benzene rings is 1. The van der Waals surface area contributed by atoms with E-state index in [2.05, 4.69) is 59.8 Å². The summed E-state index contributed by atoms with van der Waals surface area (Å²) in [5.74, 6) is 0.824. The lowest BCUT2D eigenvalue weighted by molar-refractivity contribution is 0.220. The van der Waals surface area contributed by atoms with E-state index in [1.54, 1.807) is 0 Å². The SMILES string of the molecule is CC(N)c1ccc(N2CCCC(C(C)(C)C)CC2)c(Br)c1. The van der Waals surface area contributed by atoms with Crippen LogP contribution in [0.15, 0.2) is 22.7 Å². The Bertz CT molecular complexity index is 477. The van der Waals surface area contributed by atoms with Gasteiger partial charge in [0.2, 0.25) is 0 Å². The topological polar surface area (TPSA) is 29.3 Å². The van der Waals surface area contributed by atoms with Crippen molar-refractivity contribution >= 4 is 21.6 Å². The molecule has 0 bridgehead atoms. The molecule has 1 aliphatic rings. The lowest BCUT2D eigenvalue weighted by atomic mass is 9.77. The van der Waals surface area contributed by atoms with E-state index in [0.717, 1.165) is 19.0 Å². The molecular weight excluding hydrogens is 324 g/mol. The second kappa shape index (κ2) is 6.70. The monoisotopic (exact) mass is 352 g/mol. The van der Waals surface area contributed by atoms with Gasteiger partial charge in [0.15, 0.2) is 0 Å². The maximum atomic E-state index is 5.97. The van der Waals surface area contributed by atoms with E-state index in [-0.39, 0.29) is 6.04 Å². The molecule has 1 aromatic rings. The van der Waals surface area contributed by atoms with Crippen LogP contribution in [0.25, 0.3) is 0 Å². The lowest BCUT2D eigenvalue weighted by Gasteiger charge is -2.30. The first-order valence-corrected chi connectivity index (χ1v) is 8.88. The van der Waals surface area contributed by atoms with E-state index in [4.69, 9.17) is 5.73 Å². The van der Waals surface area contributed by atoms with Crippen LogP contribution in [0.5, 0.6) is 0 Å². The molecule has 0 aliphatic carbocycles. The summed E-state index contributed by atoms with van der Waals surface area (Å²) in [6.07, 6.45) is 3.91. The largest absolute Gasteiger partial charge is 0.371 e. The molecule has 2 atom stereocenters. The Hall–Kier alpha value is -0.540. The fourth-order valence-electron chi connectivity index (χ4n) is 3.27. The second-order valence-electron chi connectivity index (χ2n) is 7.48. The van der Waals surface area contributed by atoms with E-state index in [1.165, 1.54) is 35.0 Å². The minimum atomic E-state index is 0.0877. The molecule has 1 aliphatic heterocycles. The fraction of sp³-hybridized carbons (Fsp3) is 0.667. The summed E-state index contributed by atoms with van der Waals surface area (Å²) >= 11 is 3.73. The zero-order valence-corrected chi connectivity index (χ0v) is 15.4. The number of hydrogen-bond acceptors (Lipinski definition) is 2. The molecule has 0 saturated carbocycles. The van der Waals surface area contributed by atoms with E-state index >= 15 is 0 Å². The highest BCUT2D eigenvalue weighted by Gasteiger charge is 2.27. The summed E-state index contributed by atoms with van der Waals surface area (Å²) < 4.78 is 1.17. The van der Waals surface area contributed by atoms with Crippen LogP contribution >= 0.6 is 15.9 Å². The number of nitrogens with two attached hydrogens (primary N) is 1. The molecule has 0 spiro atoms. The predicted molar refractivity (Wildman–Crippen MR) is 95.8 cm³/mol. The molecule has 1 fully saturated rings. The van der Waals surface area contributed by atoms with E-state index in [1.807, 2.05) is 6.92 Å². The highest BCUT2D eigenvalue weighted by molar-refractivity contribution is 9.10. The second-order valence-corrected chi connectivity index (χ2v) is 8.33. The highest BCUT2D eigenvalue weighted by Crippen LogP contribution is 2.37. The Morgan fingerprint density at radius 2 is 1.95 bits per heavy atom. The van der Waals surface area contributed by atoms with Gasteiger partial charge in [-0.2, -0.15) is 0 Å². The molecular formula is C18H29BrN2. The van der Waals surface area contributed by atoms with E-state index < -0.39 is 0 Å². The highest BCUT2D eigenvalue weighted by atomic mass is 79.9. The molecule has 2 rings (SSSR count). The van der Waals surface area contributed by atoms with Crippen LogP contribution in [0.1, 0.15) is 58.6 Å². The van der Waals surface area contributed by atoms with Gasteiger partial charge in [-0.3, -0.25) is 0 Å². The van der Waals surface area contributed by atoms with E-state index in [9.17, 15) is 0 Å². The number of anilines is 1. The molecule has 1 heterocycles. The third-order valence-corrected chi connectivity index (χ3v) is 5.43. The Kier molecular flexibility index (Phi) is 5.37. The summed E-state index contributed by atoms with van der Waals surface area (Å²) in [6, 6.07) is 6.65. The molecule has 0 radical (unpaired) electrons. The summed E-state index contributed by atoms with van der Waals surface area (Å²) in [5.41, 5.74) is 8.89. The fourth-order valence-corrected chi connectivity index (χ4v) is 3.91. The summed E-state index contributed by atoms with van der Waals surface area (Å²) in [4.78, 5) is 2.53. The third-order valence-electron chi connectivity index (χ3n) is 4.79. The van der Waals surface area contributed by atoms with Crippen molar-refractivity contribution in [1.82, 2.24) is 0 Å². The van der Waals surface area contributed by atoms with Gasteiger partial charge < -0.3 is 10.6 Å². The lowest BCUT2D eigenvalue weighted by Crippen LogP contribution is -2.26. The molecule has 0 aromatic heterocycles. The van der Waals surface area contributed by atoms with Crippen molar-refractivity contribution in [2.45, 2.75) is 53.0 Å². The zero-order valence-electron chi connectivity index (χ0n) is 13.8. The maximum absolute atomic E-state index is 5.97. The minimum absolute atomic E-state index is 0.0877. The van der Waals surface area contributed by atoms with Crippen molar-refractivity contribution in [3.05, 3.63) is 28.2 Å². The van der Waals surface area contributed by atoms with Gasteiger partial charge in [-0.25, -0.2) is 0 Å². The molecule has 0 amide bonds. The average molecular weight is 353 g/mol. The number of nitrogens with zero attached hydrogens (tertiary/aromatic N) is 1. The average Bonchev–Trinajstić information content (AvgIpc) is 2.63. The molecule has 3 heteroatoms. The molecule has 1 aromatic carbocycles. The maximum Gasteiger partial charge on any atom is 0.0510 e. The van der Waals surface area contributed by atoms with Crippen LogP contribution < -0.4 is 10.6 Å². The smallest absolute Gasteiger partial charge is 0.0510 e. The standard InChI is InChI=1S/C18H29BrN2/c1-13(20)14-7-8-17(16(19)12-14)21-10-5-6-15(9-11-21)18(2,3)4/h7-8,12-13,15H,5-6,9-11,20H2,1-4H3. The molecule has 2 unspecified atom stereocenters. The van der Waals surface area contributed by atoms with Crippen molar-refractivity contribution in [3.8, 4) is 0 Å². The van der Waals surface area contributed by atoms with Gasteiger partial charge in [0.1, 0.15) is 0 Å². The van der Waals surface area contributed by atoms with Gasteiger partial charge in [0, 0.05) is 23.6 Å². The van der Waals surface area contributed by atoms with Gasteiger partial charge >= 0.3 is 0 Å². The first-order chi connectivity index (χ1) is 9.79. The van der Waals surface area contributed by atoms with Gasteiger partial charge in [-0.1, -0.05) is 26.8 Å². The normalized spacial score (nSPS) is 22.0. The van der Waals surface area contributed by atoms with Crippen LogP contribution in [0.4, 0.5) is 5.69 Å². The van der Waals surface area contributed by atoms with Crippen LogP contribution in [0, 0.1) is 11.3 Å². The van der Waals surface area contributed by atoms with Crippen molar-refractivity contribution < 1.29 is 0 Å². The van der Waals surface area contributed by atoms with Crippen molar-refractivity contribution in [1.29, 1.82) is 0 Å². The first-order valence-electron chi connectivity index (χ1n) is 8.09. The third kappa shape index (κ3) is 4.23. The van der Waals surface area contributed by atoms with Crippen molar-refractivity contribution in [3.63, 3.8) is 0 Å². The van der Waals surface area contributed by atoms with Crippen LogP contribution in [-0.2, 0) is 0 Å². The Morgan fingerprint density at radius 1 is 1.24 bits per heavy atom. The molecule has 118 valence electrons. The van der Waals surface area contributed by atoms with Crippen LogP contribution in [-0.4, -0.2) is 13.1 Å². The molecule has 2 N–H and O–H groups in total. The number of hydrogen-bond donors (Lipinski definition) is 1. The molecule has 21 heavy (non-hydrogen) atoms. The Balaban J connectivity index is 2.12.